The molecule has 0 saturated carbocycles. The molecule has 102 valence electrons. The van der Waals surface area contributed by atoms with Gasteiger partial charge in [0.15, 0.2) is 0 Å². The van der Waals surface area contributed by atoms with Crippen LogP contribution in [0.25, 0.3) is 0 Å². The van der Waals surface area contributed by atoms with Crippen molar-refractivity contribution in [3.63, 3.8) is 0 Å². The molecule has 1 atom stereocenters. The van der Waals surface area contributed by atoms with Gasteiger partial charge in [0.05, 0.1) is 12.3 Å². The Bertz CT molecular complexity index is 305. The van der Waals surface area contributed by atoms with E-state index in [1.807, 2.05) is 18.3 Å². The van der Waals surface area contributed by atoms with Gasteiger partial charge >= 0.3 is 0 Å². The number of nitrogens with one attached hydrogen (secondary N) is 1. The van der Waals surface area contributed by atoms with Crippen molar-refractivity contribution in [1.29, 1.82) is 0 Å². The van der Waals surface area contributed by atoms with Gasteiger partial charge in [0, 0.05) is 32.4 Å². The lowest BCUT2D eigenvalue weighted by atomic mass is 10.2. The third kappa shape index (κ3) is 5.12. The molecule has 0 aliphatic heterocycles. The molecule has 0 radical (unpaired) electrons. The fourth-order valence-electron chi connectivity index (χ4n) is 2.00. The Hall–Kier alpha value is -0.970. The van der Waals surface area contributed by atoms with Crippen LogP contribution in [0, 0.1) is 0 Å². The van der Waals surface area contributed by atoms with Crippen LogP contribution < -0.4 is 5.32 Å². The molecule has 0 spiro atoms. The van der Waals surface area contributed by atoms with E-state index in [0.717, 1.165) is 38.5 Å². The quantitative estimate of drug-likeness (QED) is 0.722. The molecule has 1 rings (SSSR count). The molecule has 0 aliphatic carbocycles. The summed E-state index contributed by atoms with van der Waals surface area (Å²) in [6, 6.07) is 6.44. The molecule has 0 bridgehead atoms. The average Bonchev–Trinajstić information content (AvgIpc) is 2.42. The summed E-state index contributed by atoms with van der Waals surface area (Å²) in [4.78, 5) is 6.78. The van der Waals surface area contributed by atoms with Crippen molar-refractivity contribution in [2.24, 2.45) is 0 Å². The monoisotopic (exact) mass is 251 g/mol. The van der Waals surface area contributed by atoms with Gasteiger partial charge in [-0.1, -0.05) is 19.9 Å². The second-order valence-electron chi connectivity index (χ2n) is 4.30. The van der Waals surface area contributed by atoms with Gasteiger partial charge < -0.3 is 10.1 Å². The Labute approximate surface area is 110 Å². The number of hydrogen-bond acceptors (Lipinski definition) is 4. The highest BCUT2D eigenvalue weighted by Crippen LogP contribution is 2.06. The third-order valence-corrected chi connectivity index (χ3v) is 3.00. The standard InChI is InChI=1S/C14H25N3O/c1-4-15-10-14(12-18-3)17(5-2)11-13-8-6-7-9-16-13/h6-9,14-15H,4-5,10-12H2,1-3H3. The van der Waals surface area contributed by atoms with E-state index >= 15 is 0 Å². The summed E-state index contributed by atoms with van der Waals surface area (Å²) in [5.41, 5.74) is 1.11. The van der Waals surface area contributed by atoms with Crippen LogP contribution in [0.5, 0.6) is 0 Å². The number of hydrogen-bond donors (Lipinski definition) is 1. The van der Waals surface area contributed by atoms with Crippen molar-refractivity contribution >= 4 is 0 Å². The van der Waals surface area contributed by atoms with Crippen LogP contribution in [0.2, 0.25) is 0 Å². The van der Waals surface area contributed by atoms with Crippen molar-refractivity contribution in [2.45, 2.75) is 26.4 Å². The number of aromatic nitrogens is 1. The van der Waals surface area contributed by atoms with Gasteiger partial charge in [0.1, 0.15) is 0 Å². The first-order valence-electron chi connectivity index (χ1n) is 6.65. The first-order chi connectivity index (χ1) is 8.81. The van der Waals surface area contributed by atoms with Crippen LogP contribution in [0.4, 0.5) is 0 Å². The van der Waals surface area contributed by atoms with Gasteiger partial charge in [-0.05, 0) is 25.2 Å². The minimum atomic E-state index is 0.391. The molecular formula is C14H25N3O. The summed E-state index contributed by atoms with van der Waals surface area (Å²) in [5, 5.41) is 3.39. The molecular weight excluding hydrogens is 226 g/mol. The Morgan fingerprint density at radius 2 is 2.22 bits per heavy atom. The molecule has 1 heterocycles. The summed E-state index contributed by atoms with van der Waals surface area (Å²) in [7, 11) is 1.76. The van der Waals surface area contributed by atoms with E-state index in [2.05, 4.69) is 35.1 Å². The van der Waals surface area contributed by atoms with Gasteiger partial charge in [0.25, 0.3) is 0 Å². The maximum Gasteiger partial charge on any atom is 0.0630 e. The van der Waals surface area contributed by atoms with Crippen molar-refractivity contribution in [1.82, 2.24) is 15.2 Å². The lowest BCUT2D eigenvalue weighted by Gasteiger charge is -2.30. The second kappa shape index (κ2) is 9.03. The van der Waals surface area contributed by atoms with Crippen LogP contribution in [0.3, 0.4) is 0 Å². The molecule has 0 saturated heterocycles. The summed E-state index contributed by atoms with van der Waals surface area (Å²) in [6.45, 7) is 8.85. The van der Waals surface area contributed by atoms with Gasteiger partial charge in [-0.15, -0.1) is 0 Å². The predicted octanol–water partition coefficient (Wildman–Crippen LogP) is 1.53. The SMILES string of the molecule is CCNCC(COC)N(CC)Cc1ccccn1. The van der Waals surface area contributed by atoms with Gasteiger partial charge in [-0.3, -0.25) is 9.88 Å². The van der Waals surface area contributed by atoms with Gasteiger partial charge in [-0.2, -0.15) is 0 Å². The van der Waals surface area contributed by atoms with E-state index in [0.29, 0.717) is 6.04 Å². The predicted molar refractivity (Wildman–Crippen MR) is 74.5 cm³/mol. The maximum atomic E-state index is 5.32. The number of nitrogens with zero attached hydrogens (tertiary/aromatic N) is 2. The number of ether oxygens (including phenoxy) is 1. The highest BCUT2D eigenvalue weighted by molar-refractivity contribution is 5.03. The van der Waals surface area contributed by atoms with E-state index in [-0.39, 0.29) is 0 Å². The minimum absolute atomic E-state index is 0.391. The van der Waals surface area contributed by atoms with E-state index in [4.69, 9.17) is 4.74 Å². The molecule has 1 aromatic heterocycles. The van der Waals surface area contributed by atoms with Crippen molar-refractivity contribution < 1.29 is 4.74 Å². The average molecular weight is 251 g/mol. The lowest BCUT2D eigenvalue weighted by molar-refractivity contribution is 0.0873. The second-order valence-corrected chi connectivity index (χ2v) is 4.30. The molecule has 0 aromatic carbocycles. The van der Waals surface area contributed by atoms with E-state index < -0.39 is 0 Å². The molecule has 1 N–H and O–H groups in total. The Morgan fingerprint density at radius 1 is 1.39 bits per heavy atom. The largest absolute Gasteiger partial charge is 0.383 e. The maximum absolute atomic E-state index is 5.32. The molecule has 4 nitrogen and oxygen atoms in total. The molecule has 0 amide bonds. The Morgan fingerprint density at radius 3 is 2.78 bits per heavy atom. The van der Waals surface area contributed by atoms with Gasteiger partial charge in [-0.25, -0.2) is 0 Å². The molecule has 0 aliphatic rings. The van der Waals surface area contributed by atoms with E-state index in [1.165, 1.54) is 0 Å². The fraction of sp³-hybridized carbons (Fsp3) is 0.643. The summed E-state index contributed by atoms with van der Waals surface area (Å²) in [5.74, 6) is 0. The zero-order valence-corrected chi connectivity index (χ0v) is 11.7. The summed E-state index contributed by atoms with van der Waals surface area (Å²) in [6.07, 6.45) is 1.85. The lowest BCUT2D eigenvalue weighted by Crippen LogP contribution is -2.44. The van der Waals surface area contributed by atoms with Crippen molar-refractivity contribution in [2.75, 3.05) is 33.4 Å². The van der Waals surface area contributed by atoms with E-state index in [9.17, 15) is 0 Å². The topological polar surface area (TPSA) is 37.4 Å². The first-order valence-corrected chi connectivity index (χ1v) is 6.65. The van der Waals surface area contributed by atoms with Crippen LogP contribution in [-0.2, 0) is 11.3 Å². The van der Waals surface area contributed by atoms with Crippen LogP contribution in [0.1, 0.15) is 19.5 Å². The number of pyridine rings is 1. The van der Waals surface area contributed by atoms with Crippen LogP contribution in [-0.4, -0.2) is 49.3 Å². The van der Waals surface area contributed by atoms with Crippen LogP contribution in [0.15, 0.2) is 24.4 Å². The highest BCUT2D eigenvalue weighted by atomic mass is 16.5. The van der Waals surface area contributed by atoms with Crippen molar-refractivity contribution in [3.8, 4) is 0 Å². The Balaban J connectivity index is 2.60. The van der Waals surface area contributed by atoms with E-state index in [1.54, 1.807) is 7.11 Å². The Kier molecular flexibility index (Phi) is 7.57. The third-order valence-electron chi connectivity index (χ3n) is 3.00. The summed E-state index contributed by atoms with van der Waals surface area (Å²) >= 11 is 0. The smallest absolute Gasteiger partial charge is 0.0630 e. The molecule has 0 fully saturated rings. The minimum Gasteiger partial charge on any atom is -0.383 e. The zero-order chi connectivity index (χ0) is 13.2. The first kappa shape index (κ1) is 15.1. The molecule has 1 unspecified atom stereocenters. The molecule has 1 aromatic rings. The van der Waals surface area contributed by atoms with Crippen LogP contribution >= 0.6 is 0 Å². The van der Waals surface area contributed by atoms with Crippen molar-refractivity contribution in [3.05, 3.63) is 30.1 Å². The van der Waals surface area contributed by atoms with Gasteiger partial charge in [0.2, 0.25) is 0 Å². The molecule has 4 heteroatoms. The molecule has 18 heavy (non-hydrogen) atoms. The summed E-state index contributed by atoms with van der Waals surface area (Å²) < 4.78 is 5.32. The number of methoxy groups -OCH3 is 1. The zero-order valence-electron chi connectivity index (χ0n) is 11.7. The number of rotatable bonds is 9. The number of likely N-dealkylation sites (N-methyl/N-ethyl adjacent to an activating group) is 2. The fourth-order valence-corrected chi connectivity index (χ4v) is 2.00. The normalized spacial score (nSPS) is 12.9. The highest BCUT2D eigenvalue weighted by Gasteiger charge is 2.17.